The number of amides is 1. The van der Waals surface area contributed by atoms with E-state index < -0.39 is 5.60 Å². The molecule has 198 valence electrons. The van der Waals surface area contributed by atoms with Crippen molar-refractivity contribution in [2.45, 2.75) is 18.4 Å². The summed E-state index contributed by atoms with van der Waals surface area (Å²) in [6.07, 6.45) is 7.39. The largest absolute Gasteiger partial charge is 0.373 e. The summed E-state index contributed by atoms with van der Waals surface area (Å²) < 4.78 is 3.42. The van der Waals surface area contributed by atoms with Gasteiger partial charge in [-0.05, 0) is 65.9 Å². The SMILES string of the molecule is Cn1ccnc1C(O)(c1ccc(Cl)cc1)c1ccc2c(c1)c(-c1cccc(Cl)c1)cn2C(=O)NN1CCCC1. The topological polar surface area (TPSA) is 75.3 Å². The molecule has 3 aromatic carbocycles. The van der Waals surface area contributed by atoms with Crippen LogP contribution in [0.2, 0.25) is 10.0 Å². The number of aliphatic hydroxyl groups is 1. The highest BCUT2D eigenvalue weighted by Gasteiger charge is 2.38. The normalized spacial score (nSPS) is 15.5. The predicted molar refractivity (Wildman–Crippen MR) is 154 cm³/mol. The van der Waals surface area contributed by atoms with Crippen LogP contribution in [0, 0.1) is 0 Å². The molecule has 6 rings (SSSR count). The molecule has 0 radical (unpaired) electrons. The summed E-state index contributed by atoms with van der Waals surface area (Å²) in [4.78, 5) is 17.9. The van der Waals surface area contributed by atoms with E-state index in [1.165, 1.54) is 0 Å². The van der Waals surface area contributed by atoms with Gasteiger partial charge < -0.3 is 9.67 Å². The highest BCUT2D eigenvalue weighted by atomic mass is 35.5. The summed E-state index contributed by atoms with van der Waals surface area (Å²) >= 11 is 12.5. The number of halogens is 2. The first-order valence-electron chi connectivity index (χ1n) is 12.8. The van der Waals surface area contributed by atoms with Crippen LogP contribution in [0.4, 0.5) is 4.79 Å². The van der Waals surface area contributed by atoms with Crippen molar-refractivity contribution >= 4 is 40.1 Å². The van der Waals surface area contributed by atoms with Gasteiger partial charge in [0, 0.05) is 59.7 Å². The number of aromatic nitrogens is 3. The number of hydrogen-bond acceptors (Lipinski definition) is 4. The second-order valence-corrected chi connectivity index (χ2v) is 10.7. The van der Waals surface area contributed by atoms with Crippen molar-refractivity contribution in [2.24, 2.45) is 7.05 Å². The van der Waals surface area contributed by atoms with Gasteiger partial charge in [0.15, 0.2) is 5.60 Å². The van der Waals surface area contributed by atoms with Gasteiger partial charge in [-0.1, -0.05) is 53.5 Å². The summed E-state index contributed by atoms with van der Waals surface area (Å²) in [6.45, 7) is 1.65. The number of nitrogens with zero attached hydrogens (tertiary/aromatic N) is 4. The van der Waals surface area contributed by atoms with Crippen molar-refractivity contribution in [2.75, 3.05) is 13.1 Å². The van der Waals surface area contributed by atoms with E-state index in [0.29, 0.717) is 32.5 Å². The Bertz CT molecular complexity index is 1670. The Labute approximate surface area is 236 Å². The van der Waals surface area contributed by atoms with E-state index in [1.54, 1.807) is 45.8 Å². The van der Waals surface area contributed by atoms with Crippen LogP contribution in [0.5, 0.6) is 0 Å². The number of benzene rings is 3. The summed E-state index contributed by atoms with van der Waals surface area (Å²) in [7, 11) is 1.85. The van der Waals surface area contributed by atoms with Crippen LogP contribution in [-0.2, 0) is 12.6 Å². The van der Waals surface area contributed by atoms with Crippen molar-refractivity contribution < 1.29 is 9.90 Å². The first-order valence-corrected chi connectivity index (χ1v) is 13.5. The molecule has 1 aliphatic heterocycles. The van der Waals surface area contributed by atoms with E-state index in [-0.39, 0.29) is 6.03 Å². The van der Waals surface area contributed by atoms with E-state index in [1.807, 2.05) is 60.7 Å². The second-order valence-electron chi connectivity index (χ2n) is 9.85. The fourth-order valence-corrected chi connectivity index (χ4v) is 5.67. The molecule has 39 heavy (non-hydrogen) atoms. The summed E-state index contributed by atoms with van der Waals surface area (Å²) in [6, 6.07) is 20.0. The zero-order valence-corrected chi connectivity index (χ0v) is 22.8. The Morgan fingerprint density at radius 1 is 0.974 bits per heavy atom. The van der Waals surface area contributed by atoms with Crippen LogP contribution in [0.1, 0.15) is 29.8 Å². The fourth-order valence-electron chi connectivity index (χ4n) is 5.36. The van der Waals surface area contributed by atoms with Crippen LogP contribution >= 0.6 is 23.2 Å². The van der Waals surface area contributed by atoms with Gasteiger partial charge >= 0.3 is 6.03 Å². The highest BCUT2D eigenvalue weighted by molar-refractivity contribution is 6.31. The third kappa shape index (κ3) is 4.61. The maximum Gasteiger partial charge on any atom is 0.340 e. The molecule has 1 unspecified atom stereocenters. The van der Waals surface area contributed by atoms with Crippen molar-refractivity contribution in [1.82, 2.24) is 24.6 Å². The van der Waals surface area contributed by atoms with E-state index in [0.717, 1.165) is 42.4 Å². The maximum atomic E-state index is 13.4. The molecule has 1 amide bonds. The molecule has 1 fully saturated rings. The average molecular weight is 560 g/mol. The third-order valence-electron chi connectivity index (χ3n) is 7.34. The molecule has 2 N–H and O–H groups in total. The van der Waals surface area contributed by atoms with Crippen LogP contribution in [-0.4, -0.2) is 43.4 Å². The van der Waals surface area contributed by atoms with E-state index in [4.69, 9.17) is 23.2 Å². The minimum atomic E-state index is -1.58. The Hall–Kier alpha value is -3.62. The molecule has 5 aromatic rings. The number of imidazole rings is 1. The van der Waals surface area contributed by atoms with E-state index >= 15 is 0 Å². The number of hydrogen-bond donors (Lipinski definition) is 2. The molecule has 1 aliphatic rings. The maximum absolute atomic E-state index is 13.4. The summed E-state index contributed by atoms with van der Waals surface area (Å²) in [5.74, 6) is 0.458. The standard InChI is InChI=1S/C30H27Cl2N5O2/c1-35-16-13-33-28(35)30(39,21-7-10-23(31)11-8-21)22-9-12-27-25(18-22)26(20-5-4-6-24(32)17-20)19-37(27)29(38)34-36-14-2-3-15-36/h4-13,16-19,39H,2-3,14-15H2,1H3,(H,34,38). The van der Waals surface area contributed by atoms with Gasteiger partial charge in [0.1, 0.15) is 5.82 Å². The van der Waals surface area contributed by atoms with E-state index in [9.17, 15) is 9.90 Å². The number of nitrogens with one attached hydrogen (secondary N) is 1. The minimum Gasteiger partial charge on any atom is -0.373 e. The molecule has 3 heterocycles. The number of rotatable bonds is 5. The third-order valence-corrected chi connectivity index (χ3v) is 7.83. The lowest BCUT2D eigenvalue weighted by Crippen LogP contribution is -2.42. The van der Waals surface area contributed by atoms with Gasteiger partial charge in [0.25, 0.3) is 0 Å². The average Bonchev–Trinajstić information content (AvgIpc) is 3.68. The molecular formula is C30H27Cl2N5O2. The van der Waals surface area contributed by atoms with Crippen molar-refractivity contribution in [3.05, 3.63) is 112 Å². The number of fused-ring (bicyclic) bond motifs is 1. The highest BCUT2D eigenvalue weighted by Crippen LogP contribution is 2.40. The molecule has 1 atom stereocenters. The number of carbonyl (C=O) groups excluding carboxylic acids is 1. The molecular weight excluding hydrogens is 533 g/mol. The van der Waals surface area contributed by atoms with Crippen molar-refractivity contribution in [3.63, 3.8) is 0 Å². The van der Waals surface area contributed by atoms with Crippen LogP contribution in [0.15, 0.2) is 85.3 Å². The predicted octanol–water partition coefficient (Wildman–Crippen LogP) is 6.20. The lowest BCUT2D eigenvalue weighted by molar-refractivity contribution is 0.112. The number of aryl methyl sites for hydroxylation is 1. The van der Waals surface area contributed by atoms with Crippen LogP contribution in [0.25, 0.3) is 22.0 Å². The molecule has 0 spiro atoms. The molecule has 0 aliphatic carbocycles. The number of hydrazine groups is 1. The zero-order valence-electron chi connectivity index (χ0n) is 21.3. The smallest absolute Gasteiger partial charge is 0.340 e. The Morgan fingerprint density at radius 2 is 1.72 bits per heavy atom. The molecule has 2 aromatic heterocycles. The Morgan fingerprint density at radius 3 is 2.41 bits per heavy atom. The van der Waals surface area contributed by atoms with Crippen LogP contribution < -0.4 is 5.43 Å². The van der Waals surface area contributed by atoms with Gasteiger partial charge in [-0.15, -0.1) is 0 Å². The quantitative estimate of drug-likeness (QED) is 0.269. The summed E-state index contributed by atoms with van der Waals surface area (Å²) in [5.41, 5.74) is 5.07. The van der Waals surface area contributed by atoms with Gasteiger partial charge in [-0.3, -0.25) is 9.99 Å². The first kappa shape index (κ1) is 25.6. The van der Waals surface area contributed by atoms with Crippen molar-refractivity contribution in [1.29, 1.82) is 0 Å². The lowest BCUT2D eigenvalue weighted by Gasteiger charge is -2.29. The molecule has 0 bridgehead atoms. The van der Waals surface area contributed by atoms with Crippen molar-refractivity contribution in [3.8, 4) is 11.1 Å². The lowest BCUT2D eigenvalue weighted by atomic mass is 9.84. The Kier molecular flexibility index (Phi) is 6.69. The van der Waals surface area contributed by atoms with Gasteiger partial charge in [0.2, 0.25) is 0 Å². The molecule has 9 heteroatoms. The zero-order chi connectivity index (χ0) is 27.1. The van der Waals surface area contributed by atoms with Gasteiger partial charge in [-0.25, -0.2) is 14.8 Å². The van der Waals surface area contributed by atoms with E-state index in [2.05, 4.69) is 10.4 Å². The minimum absolute atomic E-state index is 0.236. The molecule has 1 saturated heterocycles. The second kappa shape index (κ2) is 10.2. The van der Waals surface area contributed by atoms with Crippen LogP contribution in [0.3, 0.4) is 0 Å². The fraction of sp³-hybridized carbons (Fsp3) is 0.200. The first-order chi connectivity index (χ1) is 18.8. The summed E-state index contributed by atoms with van der Waals surface area (Å²) in [5, 5.41) is 16.3. The molecule has 7 nitrogen and oxygen atoms in total. The van der Waals surface area contributed by atoms with Gasteiger partial charge in [-0.2, -0.15) is 0 Å². The Balaban J connectivity index is 1.56. The molecule has 0 saturated carbocycles. The monoisotopic (exact) mass is 559 g/mol. The number of carbonyl (C=O) groups is 1. The van der Waals surface area contributed by atoms with Gasteiger partial charge in [0.05, 0.1) is 5.52 Å².